The second-order valence-electron chi connectivity index (χ2n) is 4.57. The third kappa shape index (κ3) is 3.84. The van der Waals surface area contributed by atoms with Crippen LogP contribution in [0.15, 0.2) is 41.1 Å². The second kappa shape index (κ2) is 6.41. The highest BCUT2D eigenvalue weighted by molar-refractivity contribution is 7.07. The zero-order chi connectivity index (χ0) is 14.6. The van der Waals surface area contributed by atoms with E-state index in [2.05, 4.69) is 10.7 Å². The van der Waals surface area contributed by atoms with E-state index in [-0.39, 0.29) is 6.04 Å². The molecule has 108 valence electrons. The summed E-state index contributed by atoms with van der Waals surface area (Å²) in [6.07, 6.45) is -3.50. The molecule has 1 atom stereocenters. The van der Waals surface area contributed by atoms with Crippen LogP contribution >= 0.6 is 11.3 Å². The van der Waals surface area contributed by atoms with Crippen LogP contribution in [0.25, 0.3) is 0 Å². The summed E-state index contributed by atoms with van der Waals surface area (Å²) in [6.45, 7) is 2.76. The molecule has 2 aromatic rings. The Kier molecular flexibility index (Phi) is 4.83. The summed E-state index contributed by atoms with van der Waals surface area (Å²) < 4.78 is 37.7. The van der Waals surface area contributed by atoms with Crippen molar-refractivity contribution < 1.29 is 13.2 Å². The predicted molar refractivity (Wildman–Crippen MR) is 75.9 cm³/mol. The summed E-state index contributed by atoms with van der Waals surface area (Å²) >= 11 is 1.62. The minimum atomic E-state index is -4.28. The van der Waals surface area contributed by atoms with Crippen LogP contribution in [0.3, 0.4) is 0 Å². The first-order valence-corrected chi connectivity index (χ1v) is 7.36. The van der Waals surface area contributed by atoms with Gasteiger partial charge in [-0.1, -0.05) is 19.1 Å². The summed E-state index contributed by atoms with van der Waals surface area (Å²) in [7, 11) is 0. The van der Waals surface area contributed by atoms with Crippen molar-refractivity contribution in [3.05, 3.63) is 57.8 Å². The van der Waals surface area contributed by atoms with Crippen LogP contribution in [0.4, 0.5) is 13.2 Å². The number of hydrogen-bond donors (Lipinski definition) is 1. The fraction of sp³-hybridized carbons (Fsp3) is 0.333. The van der Waals surface area contributed by atoms with Gasteiger partial charge in [0.25, 0.3) is 0 Å². The number of benzene rings is 1. The molecule has 0 aliphatic rings. The molecule has 0 amide bonds. The Morgan fingerprint density at radius 3 is 2.35 bits per heavy atom. The normalized spacial score (nSPS) is 13.4. The van der Waals surface area contributed by atoms with Gasteiger partial charge in [0.1, 0.15) is 0 Å². The van der Waals surface area contributed by atoms with Crippen LogP contribution in [-0.2, 0) is 12.6 Å². The number of halogens is 3. The van der Waals surface area contributed by atoms with Crippen LogP contribution in [0.5, 0.6) is 0 Å². The molecule has 5 heteroatoms. The van der Waals surface area contributed by atoms with E-state index < -0.39 is 11.7 Å². The van der Waals surface area contributed by atoms with Gasteiger partial charge in [0.2, 0.25) is 0 Å². The van der Waals surface area contributed by atoms with E-state index >= 15 is 0 Å². The van der Waals surface area contributed by atoms with Gasteiger partial charge in [-0.25, -0.2) is 0 Å². The standard InChI is InChI=1S/C15H16F3NS/c1-2-19-14(9-11-7-8-20-10-11)12-3-5-13(6-4-12)15(16,17)18/h3-8,10,14,19H,2,9H2,1H3. The molecule has 0 radical (unpaired) electrons. The minimum absolute atomic E-state index is 0.0388. The SMILES string of the molecule is CCNC(Cc1ccsc1)c1ccc(C(F)(F)F)cc1. The lowest BCUT2D eigenvalue weighted by molar-refractivity contribution is -0.137. The van der Waals surface area contributed by atoms with Crippen LogP contribution in [-0.4, -0.2) is 6.54 Å². The molecule has 1 aromatic carbocycles. The summed E-state index contributed by atoms with van der Waals surface area (Å²) in [6, 6.07) is 7.49. The molecule has 1 unspecified atom stereocenters. The lowest BCUT2D eigenvalue weighted by Crippen LogP contribution is -2.23. The Labute approximate surface area is 120 Å². The van der Waals surface area contributed by atoms with E-state index in [0.29, 0.717) is 0 Å². The number of alkyl halides is 3. The van der Waals surface area contributed by atoms with Gasteiger partial charge in [0.05, 0.1) is 5.56 Å². The highest BCUT2D eigenvalue weighted by Gasteiger charge is 2.30. The maximum absolute atomic E-state index is 12.6. The molecule has 1 heterocycles. The molecule has 0 aliphatic carbocycles. The highest BCUT2D eigenvalue weighted by Crippen LogP contribution is 2.30. The maximum Gasteiger partial charge on any atom is 0.416 e. The lowest BCUT2D eigenvalue weighted by Gasteiger charge is -2.18. The minimum Gasteiger partial charge on any atom is -0.310 e. The number of nitrogens with one attached hydrogen (secondary N) is 1. The smallest absolute Gasteiger partial charge is 0.310 e. The summed E-state index contributed by atoms with van der Waals surface area (Å²) in [5.74, 6) is 0. The maximum atomic E-state index is 12.6. The van der Waals surface area contributed by atoms with Gasteiger partial charge in [-0.15, -0.1) is 0 Å². The van der Waals surface area contributed by atoms with Crippen LogP contribution < -0.4 is 5.32 Å². The second-order valence-corrected chi connectivity index (χ2v) is 5.35. The zero-order valence-electron chi connectivity index (χ0n) is 11.1. The van der Waals surface area contributed by atoms with E-state index in [1.807, 2.05) is 18.4 Å². The molecule has 0 saturated heterocycles. The highest BCUT2D eigenvalue weighted by atomic mass is 32.1. The molecule has 0 bridgehead atoms. The van der Waals surface area contributed by atoms with E-state index in [9.17, 15) is 13.2 Å². The average molecular weight is 299 g/mol. The van der Waals surface area contributed by atoms with Crippen molar-refractivity contribution in [1.29, 1.82) is 0 Å². The van der Waals surface area contributed by atoms with Crippen molar-refractivity contribution in [1.82, 2.24) is 5.32 Å². The Bertz CT molecular complexity index is 517. The molecule has 0 spiro atoms. The van der Waals surface area contributed by atoms with Crippen LogP contribution in [0.1, 0.15) is 29.7 Å². The quantitative estimate of drug-likeness (QED) is 0.846. The molecule has 1 N–H and O–H groups in total. The van der Waals surface area contributed by atoms with Crippen molar-refractivity contribution in [2.24, 2.45) is 0 Å². The van der Waals surface area contributed by atoms with Gasteiger partial charge in [-0.05, 0) is 53.1 Å². The van der Waals surface area contributed by atoms with Crippen molar-refractivity contribution in [3.8, 4) is 0 Å². The monoisotopic (exact) mass is 299 g/mol. The topological polar surface area (TPSA) is 12.0 Å². The van der Waals surface area contributed by atoms with Gasteiger partial charge in [0.15, 0.2) is 0 Å². The van der Waals surface area contributed by atoms with Crippen molar-refractivity contribution in [2.75, 3.05) is 6.54 Å². The lowest BCUT2D eigenvalue weighted by atomic mass is 9.99. The first kappa shape index (κ1) is 15.1. The molecule has 0 aliphatic heterocycles. The van der Waals surface area contributed by atoms with Gasteiger partial charge < -0.3 is 5.32 Å². The van der Waals surface area contributed by atoms with Crippen molar-refractivity contribution >= 4 is 11.3 Å². The average Bonchev–Trinajstić information content (AvgIpc) is 2.90. The Morgan fingerprint density at radius 2 is 1.85 bits per heavy atom. The van der Waals surface area contributed by atoms with Gasteiger partial charge in [-0.3, -0.25) is 0 Å². The Morgan fingerprint density at radius 1 is 1.15 bits per heavy atom. The van der Waals surface area contributed by atoms with Crippen LogP contribution in [0, 0.1) is 0 Å². The van der Waals surface area contributed by atoms with E-state index in [1.54, 1.807) is 23.5 Å². The molecular formula is C15H16F3NS. The molecular weight excluding hydrogens is 283 g/mol. The number of hydrogen-bond acceptors (Lipinski definition) is 2. The Balaban J connectivity index is 2.17. The molecule has 0 saturated carbocycles. The molecule has 1 nitrogen and oxygen atoms in total. The largest absolute Gasteiger partial charge is 0.416 e. The van der Waals surface area contributed by atoms with E-state index in [4.69, 9.17) is 0 Å². The first-order chi connectivity index (χ1) is 9.50. The fourth-order valence-electron chi connectivity index (χ4n) is 2.10. The number of thiophene rings is 1. The fourth-order valence-corrected chi connectivity index (χ4v) is 2.78. The number of likely N-dealkylation sites (N-methyl/N-ethyl adjacent to an activating group) is 1. The van der Waals surface area contributed by atoms with E-state index in [0.717, 1.165) is 30.7 Å². The van der Waals surface area contributed by atoms with Crippen LogP contribution in [0.2, 0.25) is 0 Å². The molecule has 0 fully saturated rings. The predicted octanol–water partition coefficient (Wildman–Crippen LogP) is 4.66. The number of rotatable bonds is 5. The molecule has 1 aromatic heterocycles. The van der Waals surface area contributed by atoms with Gasteiger partial charge in [0, 0.05) is 6.04 Å². The third-order valence-corrected chi connectivity index (χ3v) is 3.84. The van der Waals surface area contributed by atoms with Crippen molar-refractivity contribution in [2.45, 2.75) is 25.6 Å². The van der Waals surface area contributed by atoms with Gasteiger partial charge in [-0.2, -0.15) is 24.5 Å². The third-order valence-electron chi connectivity index (χ3n) is 3.11. The Hall–Kier alpha value is -1.33. The first-order valence-electron chi connectivity index (χ1n) is 6.42. The van der Waals surface area contributed by atoms with Crippen molar-refractivity contribution in [3.63, 3.8) is 0 Å². The summed E-state index contributed by atoms with van der Waals surface area (Å²) in [5.41, 5.74) is 1.47. The van der Waals surface area contributed by atoms with E-state index in [1.165, 1.54) is 5.56 Å². The summed E-state index contributed by atoms with van der Waals surface area (Å²) in [4.78, 5) is 0. The van der Waals surface area contributed by atoms with Gasteiger partial charge >= 0.3 is 6.18 Å². The molecule has 20 heavy (non-hydrogen) atoms. The summed E-state index contributed by atoms with van der Waals surface area (Å²) in [5, 5.41) is 7.39. The molecule has 2 rings (SSSR count). The zero-order valence-corrected chi connectivity index (χ0v) is 11.9.